The molecule has 0 saturated carbocycles. The molecule has 1 aromatic carbocycles. The van der Waals surface area contributed by atoms with E-state index in [0.717, 1.165) is 5.56 Å². The zero-order valence-electron chi connectivity index (χ0n) is 12.1. The van der Waals surface area contributed by atoms with E-state index in [0.29, 0.717) is 6.42 Å². The average Bonchev–Trinajstić information content (AvgIpc) is 2.35. The van der Waals surface area contributed by atoms with Gasteiger partial charge < -0.3 is 5.11 Å². The molecule has 0 bridgehead atoms. The number of benzene rings is 1. The molecule has 0 aliphatic rings. The molecule has 0 aliphatic heterocycles. The fourth-order valence-corrected chi connectivity index (χ4v) is 2.62. The van der Waals surface area contributed by atoms with Crippen LogP contribution in [-0.4, -0.2) is 10.1 Å². The molecule has 0 spiro atoms. The van der Waals surface area contributed by atoms with Gasteiger partial charge in [0.2, 0.25) is 0 Å². The Balaban J connectivity index is 2.36. The van der Waals surface area contributed by atoms with Crippen molar-refractivity contribution >= 4 is 0 Å². The maximum Gasteiger partial charge on any atom is 0.0923 e. The highest BCUT2D eigenvalue weighted by atomic mass is 16.3. The van der Waals surface area contributed by atoms with Crippen LogP contribution in [0.4, 0.5) is 0 Å². The second-order valence-electron chi connectivity index (χ2n) is 5.57. The molecule has 19 heavy (non-hydrogen) atoms. The van der Waals surface area contributed by atoms with Crippen LogP contribution in [0.2, 0.25) is 0 Å². The normalized spacial score (nSPS) is 14.2. The van der Waals surface area contributed by atoms with Gasteiger partial charge in [-0.1, -0.05) is 23.8 Å². The van der Waals surface area contributed by atoms with Crippen molar-refractivity contribution in [1.82, 2.24) is 4.98 Å². The van der Waals surface area contributed by atoms with Gasteiger partial charge in [-0.05, 0) is 50.5 Å². The third-order valence-corrected chi connectivity index (χ3v) is 3.64. The molecule has 0 fully saturated rings. The fraction of sp³-hybridized carbons (Fsp3) is 0.353. The highest BCUT2D eigenvalue weighted by Gasteiger charge is 2.25. The molecule has 2 heteroatoms. The Morgan fingerprint density at radius 1 is 1.16 bits per heavy atom. The van der Waals surface area contributed by atoms with Crippen molar-refractivity contribution < 1.29 is 5.11 Å². The number of hydrogen-bond acceptors (Lipinski definition) is 2. The van der Waals surface area contributed by atoms with Gasteiger partial charge in [-0.3, -0.25) is 4.98 Å². The van der Waals surface area contributed by atoms with E-state index in [1.54, 1.807) is 12.4 Å². The SMILES string of the molecule is Cc1cc(C)c(CC(C)(O)c2cccnc2)c(C)c1. The Labute approximate surface area is 115 Å². The van der Waals surface area contributed by atoms with Gasteiger partial charge in [0.1, 0.15) is 0 Å². The molecule has 1 heterocycles. The first-order chi connectivity index (χ1) is 8.90. The first-order valence-corrected chi connectivity index (χ1v) is 6.60. The van der Waals surface area contributed by atoms with E-state index in [4.69, 9.17) is 0 Å². The minimum absolute atomic E-state index is 0.608. The topological polar surface area (TPSA) is 33.1 Å². The summed E-state index contributed by atoms with van der Waals surface area (Å²) in [6.45, 7) is 8.16. The van der Waals surface area contributed by atoms with Crippen molar-refractivity contribution in [3.8, 4) is 0 Å². The van der Waals surface area contributed by atoms with Crippen molar-refractivity contribution in [2.75, 3.05) is 0 Å². The number of hydrogen-bond donors (Lipinski definition) is 1. The van der Waals surface area contributed by atoms with Crippen LogP contribution >= 0.6 is 0 Å². The highest BCUT2D eigenvalue weighted by Crippen LogP contribution is 2.28. The molecule has 2 rings (SSSR count). The van der Waals surface area contributed by atoms with Gasteiger partial charge in [0.25, 0.3) is 0 Å². The third-order valence-electron chi connectivity index (χ3n) is 3.64. The van der Waals surface area contributed by atoms with Gasteiger partial charge in [-0.25, -0.2) is 0 Å². The largest absolute Gasteiger partial charge is 0.385 e. The minimum Gasteiger partial charge on any atom is -0.385 e. The lowest BCUT2D eigenvalue weighted by Gasteiger charge is -2.25. The van der Waals surface area contributed by atoms with Gasteiger partial charge in [0.15, 0.2) is 0 Å². The Hall–Kier alpha value is -1.67. The number of aryl methyl sites for hydroxylation is 3. The van der Waals surface area contributed by atoms with Crippen LogP contribution in [0.1, 0.15) is 34.7 Å². The molecule has 0 saturated heterocycles. The predicted molar refractivity (Wildman–Crippen MR) is 78.2 cm³/mol. The van der Waals surface area contributed by atoms with Crippen LogP contribution in [0.25, 0.3) is 0 Å². The molecule has 2 nitrogen and oxygen atoms in total. The number of aliphatic hydroxyl groups is 1. The Morgan fingerprint density at radius 2 is 1.79 bits per heavy atom. The standard InChI is InChI=1S/C17H21NO/c1-12-8-13(2)16(14(3)9-12)10-17(4,19)15-6-5-7-18-11-15/h5-9,11,19H,10H2,1-4H3. The molecule has 1 unspecified atom stereocenters. The smallest absolute Gasteiger partial charge is 0.0923 e. The molecule has 2 aromatic rings. The van der Waals surface area contributed by atoms with Gasteiger partial charge >= 0.3 is 0 Å². The maximum atomic E-state index is 10.7. The van der Waals surface area contributed by atoms with Crippen molar-refractivity contribution in [2.45, 2.75) is 39.7 Å². The molecular weight excluding hydrogens is 234 g/mol. The summed E-state index contributed by atoms with van der Waals surface area (Å²) in [4.78, 5) is 4.09. The van der Waals surface area contributed by atoms with E-state index in [9.17, 15) is 5.11 Å². The van der Waals surface area contributed by atoms with Crippen LogP contribution < -0.4 is 0 Å². The fourth-order valence-electron chi connectivity index (χ4n) is 2.62. The molecule has 1 N–H and O–H groups in total. The molecule has 0 amide bonds. The zero-order valence-corrected chi connectivity index (χ0v) is 12.1. The summed E-state index contributed by atoms with van der Waals surface area (Å²) in [6, 6.07) is 8.12. The van der Waals surface area contributed by atoms with Crippen molar-refractivity contribution in [3.05, 3.63) is 64.5 Å². The van der Waals surface area contributed by atoms with Crippen molar-refractivity contribution in [1.29, 1.82) is 0 Å². The lowest BCUT2D eigenvalue weighted by molar-refractivity contribution is 0.0569. The van der Waals surface area contributed by atoms with Crippen LogP contribution in [0.5, 0.6) is 0 Å². The number of pyridine rings is 1. The quantitative estimate of drug-likeness (QED) is 0.911. The molecule has 1 aromatic heterocycles. The van der Waals surface area contributed by atoms with E-state index < -0.39 is 5.60 Å². The van der Waals surface area contributed by atoms with E-state index in [1.165, 1.54) is 22.3 Å². The number of aromatic nitrogens is 1. The van der Waals surface area contributed by atoms with E-state index in [-0.39, 0.29) is 0 Å². The van der Waals surface area contributed by atoms with Crippen molar-refractivity contribution in [2.24, 2.45) is 0 Å². The summed E-state index contributed by atoms with van der Waals surface area (Å²) < 4.78 is 0. The van der Waals surface area contributed by atoms with Crippen LogP contribution in [0, 0.1) is 20.8 Å². The summed E-state index contributed by atoms with van der Waals surface area (Å²) in [6.07, 6.45) is 4.07. The predicted octanol–water partition coefficient (Wildman–Crippen LogP) is 3.46. The summed E-state index contributed by atoms with van der Waals surface area (Å²) in [7, 11) is 0. The highest BCUT2D eigenvalue weighted by molar-refractivity contribution is 5.39. The minimum atomic E-state index is -0.890. The third kappa shape index (κ3) is 3.02. The van der Waals surface area contributed by atoms with Crippen molar-refractivity contribution in [3.63, 3.8) is 0 Å². The Morgan fingerprint density at radius 3 is 2.32 bits per heavy atom. The summed E-state index contributed by atoms with van der Waals surface area (Å²) in [5.74, 6) is 0. The first-order valence-electron chi connectivity index (χ1n) is 6.60. The van der Waals surface area contributed by atoms with Crippen LogP contribution in [-0.2, 0) is 12.0 Å². The molecule has 0 radical (unpaired) electrons. The monoisotopic (exact) mass is 255 g/mol. The summed E-state index contributed by atoms with van der Waals surface area (Å²) >= 11 is 0. The Bertz CT molecular complexity index is 550. The van der Waals surface area contributed by atoms with E-state index >= 15 is 0 Å². The lowest BCUT2D eigenvalue weighted by atomic mass is 9.86. The van der Waals surface area contributed by atoms with Gasteiger partial charge in [-0.15, -0.1) is 0 Å². The van der Waals surface area contributed by atoms with E-state index in [2.05, 4.69) is 37.9 Å². The number of rotatable bonds is 3. The second-order valence-corrected chi connectivity index (χ2v) is 5.57. The first kappa shape index (κ1) is 13.8. The zero-order chi connectivity index (χ0) is 14.0. The molecule has 0 aliphatic carbocycles. The second kappa shape index (κ2) is 5.14. The molecule has 1 atom stereocenters. The summed E-state index contributed by atoms with van der Waals surface area (Å²) in [5.41, 5.74) is 4.93. The summed E-state index contributed by atoms with van der Waals surface area (Å²) in [5, 5.41) is 10.7. The van der Waals surface area contributed by atoms with Gasteiger partial charge in [-0.2, -0.15) is 0 Å². The average molecular weight is 255 g/mol. The van der Waals surface area contributed by atoms with Crippen LogP contribution in [0.3, 0.4) is 0 Å². The molecule has 100 valence electrons. The van der Waals surface area contributed by atoms with Gasteiger partial charge in [0, 0.05) is 24.4 Å². The maximum absolute atomic E-state index is 10.7. The van der Waals surface area contributed by atoms with Crippen LogP contribution in [0.15, 0.2) is 36.7 Å². The Kier molecular flexibility index (Phi) is 3.72. The lowest BCUT2D eigenvalue weighted by Crippen LogP contribution is -2.25. The number of nitrogens with zero attached hydrogens (tertiary/aromatic N) is 1. The van der Waals surface area contributed by atoms with E-state index in [1.807, 2.05) is 19.1 Å². The molecular formula is C17H21NO. The van der Waals surface area contributed by atoms with Gasteiger partial charge in [0.05, 0.1) is 5.60 Å².